The summed E-state index contributed by atoms with van der Waals surface area (Å²) < 4.78 is 11.3. The van der Waals surface area contributed by atoms with Gasteiger partial charge in [0.25, 0.3) is 0 Å². The molecule has 5 nitrogen and oxygen atoms in total. The van der Waals surface area contributed by atoms with Crippen molar-refractivity contribution in [2.75, 3.05) is 31.6 Å². The van der Waals surface area contributed by atoms with Gasteiger partial charge in [-0.1, -0.05) is 54.6 Å². The smallest absolute Gasteiger partial charge is 0.239 e. The third-order valence-corrected chi connectivity index (χ3v) is 4.23. The molecular weight excluding hydrogens is 364 g/mol. The second-order valence-corrected chi connectivity index (χ2v) is 6.48. The molecule has 0 spiro atoms. The number of carbonyl (C=O) groups is 1. The summed E-state index contributed by atoms with van der Waals surface area (Å²) in [7, 11) is 0. The molecule has 0 aromatic heterocycles. The molecule has 3 aromatic carbocycles. The summed E-state index contributed by atoms with van der Waals surface area (Å²) in [5.74, 6) is 1.52. The highest BCUT2D eigenvalue weighted by atomic mass is 16.5. The maximum atomic E-state index is 12.0. The average molecular weight is 390 g/mol. The summed E-state index contributed by atoms with van der Waals surface area (Å²) in [5, 5.41) is 6.05. The predicted molar refractivity (Wildman–Crippen MR) is 116 cm³/mol. The van der Waals surface area contributed by atoms with E-state index in [0.29, 0.717) is 19.8 Å². The van der Waals surface area contributed by atoms with Crippen LogP contribution in [0.2, 0.25) is 0 Å². The van der Waals surface area contributed by atoms with Crippen LogP contribution in [-0.4, -0.2) is 32.2 Å². The van der Waals surface area contributed by atoms with Gasteiger partial charge in [-0.2, -0.15) is 0 Å². The molecule has 3 rings (SSSR count). The van der Waals surface area contributed by atoms with Crippen LogP contribution in [0.3, 0.4) is 0 Å². The molecule has 1 amide bonds. The minimum absolute atomic E-state index is 0.0384. The van der Waals surface area contributed by atoms with Crippen molar-refractivity contribution in [1.29, 1.82) is 0 Å². The molecule has 0 aliphatic heterocycles. The lowest BCUT2D eigenvalue weighted by Crippen LogP contribution is -2.31. The number of hydrogen-bond donors (Lipinski definition) is 2. The Labute approximate surface area is 171 Å². The topological polar surface area (TPSA) is 59.6 Å². The van der Waals surface area contributed by atoms with Crippen LogP contribution in [-0.2, 0) is 11.2 Å². The van der Waals surface area contributed by atoms with E-state index in [0.717, 1.165) is 23.6 Å². The maximum Gasteiger partial charge on any atom is 0.239 e. The number of hydrogen-bond acceptors (Lipinski definition) is 4. The first kappa shape index (κ1) is 20.3. The van der Waals surface area contributed by atoms with Crippen molar-refractivity contribution in [2.24, 2.45) is 0 Å². The van der Waals surface area contributed by atoms with E-state index in [1.807, 2.05) is 72.8 Å². The van der Waals surface area contributed by atoms with Crippen molar-refractivity contribution in [1.82, 2.24) is 5.32 Å². The first-order valence-electron chi connectivity index (χ1n) is 9.75. The van der Waals surface area contributed by atoms with E-state index >= 15 is 0 Å². The van der Waals surface area contributed by atoms with Gasteiger partial charge in [0, 0.05) is 18.3 Å². The highest BCUT2D eigenvalue weighted by Gasteiger charge is 2.02. The van der Waals surface area contributed by atoms with Crippen molar-refractivity contribution in [3.63, 3.8) is 0 Å². The number of ether oxygens (including phenoxy) is 2. The van der Waals surface area contributed by atoms with Gasteiger partial charge in [-0.05, 0) is 36.2 Å². The van der Waals surface area contributed by atoms with Crippen LogP contribution in [0, 0.1) is 0 Å². The zero-order valence-electron chi connectivity index (χ0n) is 16.3. The summed E-state index contributed by atoms with van der Waals surface area (Å²) in [6.07, 6.45) is 0.820. The minimum Gasteiger partial charge on any atom is -0.490 e. The number of carbonyl (C=O) groups excluding carboxylic acids is 1. The van der Waals surface area contributed by atoms with Crippen molar-refractivity contribution in [3.8, 4) is 11.5 Å². The van der Waals surface area contributed by atoms with Gasteiger partial charge in [-0.25, -0.2) is 0 Å². The molecule has 0 unspecified atom stereocenters. The lowest BCUT2D eigenvalue weighted by Gasteiger charge is -2.11. The lowest BCUT2D eigenvalue weighted by atomic mass is 10.1. The van der Waals surface area contributed by atoms with Gasteiger partial charge in [-0.15, -0.1) is 0 Å². The number of amides is 1. The van der Waals surface area contributed by atoms with Crippen LogP contribution in [0.5, 0.6) is 11.5 Å². The second kappa shape index (κ2) is 11.4. The summed E-state index contributed by atoms with van der Waals surface area (Å²) in [6, 6.07) is 27.3. The van der Waals surface area contributed by atoms with Gasteiger partial charge in [0.1, 0.15) is 24.7 Å². The van der Waals surface area contributed by atoms with E-state index in [2.05, 4.69) is 22.8 Å². The van der Waals surface area contributed by atoms with Gasteiger partial charge in [-0.3, -0.25) is 4.79 Å². The number of benzene rings is 3. The molecule has 0 aliphatic carbocycles. The normalized spacial score (nSPS) is 10.2. The molecule has 2 N–H and O–H groups in total. The van der Waals surface area contributed by atoms with Crippen LogP contribution in [0.15, 0.2) is 84.9 Å². The summed E-state index contributed by atoms with van der Waals surface area (Å²) in [6.45, 7) is 1.74. The summed E-state index contributed by atoms with van der Waals surface area (Å²) >= 11 is 0. The molecule has 0 radical (unpaired) electrons. The summed E-state index contributed by atoms with van der Waals surface area (Å²) in [5.41, 5.74) is 2.05. The maximum absolute atomic E-state index is 12.0. The molecule has 0 atom stereocenters. The molecule has 29 heavy (non-hydrogen) atoms. The Kier molecular flexibility index (Phi) is 7.96. The van der Waals surface area contributed by atoms with E-state index in [1.165, 1.54) is 5.56 Å². The fraction of sp³-hybridized carbons (Fsp3) is 0.208. The first-order chi connectivity index (χ1) is 14.3. The standard InChI is InChI=1S/C24H26N2O3/c27-24(25-15-14-20-8-3-1-4-9-20)19-26-21-10-7-13-23(18-21)29-17-16-28-22-11-5-2-6-12-22/h1-13,18,26H,14-17,19H2,(H,25,27). The average Bonchev–Trinajstić information content (AvgIpc) is 2.77. The molecule has 0 bridgehead atoms. The van der Waals surface area contributed by atoms with Gasteiger partial charge >= 0.3 is 0 Å². The van der Waals surface area contributed by atoms with Crippen LogP contribution in [0.4, 0.5) is 5.69 Å². The quantitative estimate of drug-likeness (QED) is 0.487. The summed E-state index contributed by atoms with van der Waals surface area (Å²) in [4.78, 5) is 12.0. The number of nitrogens with one attached hydrogen (secondary N) is 2. The fourth-order valence-corrected chi connectivity index (χ4v) is 2.77. The highest BCUT2D eigenvalue weighted by molar-refractivity contribution is 5.80. The van der Waals surface area contributed by atoms with Gasteiger partial charge in [0.2, 0.25) is 5.91 Å². The molecule has 0 saturated carbocycles. The van der Waals surface area contributed by atoms with Gasteiger partial charge in [0.15, 0.2) is 0 Å². The minimum atomic E-state index is -0.0384. The molecular formula is C24H26N2O3. The molecule has 150 valence electrons. The highest BCUT2D eigenvalue weighted by Crippen LogP contribution is 2.17. The van der Waals surface area contributed by atoms with Crippen molar-refractivity contribution >= 4 is 11.6 Å². The Hall–Kier alpha value is -3.47. The fourth-order valence-electron chi connectivity index (χ4n) is 2.77. The SMILES string of the molecule is O=C(CNc1cccc(OCCOc2ccccc2)c1)NCCc1ccccc1. The Morgan fingerprint density at radius 3 is 2.17 bits per heavy atom. The zero-order chi connectivity index (χ0) is 20.2. The van der Waals surface area contributed by atoms with E-state index in [4.69, 9.17) is 9.47 Å². The number of para-hydroxylation sites is 1. The Morgan fingerprint density at radius 2 is 1.41 bits per heavy atom. The van der Waals surface area contributed by atoms with Crippen LogP contribution >= 0.6 is 0 Å². The second-order valence-electron chi connectivity index (χ2n) is 6.48. The molecule has 0 aliphatic rings. The monoisotopic (exact) mass is 390 g/mol. The Bertz CT molecular complexity index is 870. The first-order valence-corrected chi connectivity index (χ1v) is 9.75. The van der Waals surface area contributed by atoms with Crippen LogP contribution in [0.25, 0.3) is 0 Å². The van der Waals surface area contributed by atoms with Gasteiger partial charge < -0.3 is 20.1 Å². The third kappa shape index (κ3) is 7.58. The van der Waals surface area contributed by atoms with E-state index in [-0.39, 0.29) is 12.5 Å². The van der Waals surface area contributed by atoms with Gasteiger partial charge in [0.05, 0.1) is 6.54 Å². The molecule has 0 fully saturated rings. The Balaban J connectivity index is 1.34. The molecule has 0 heterocycles. The molecule has 3 aromatic rings. The largest absolute Gasteiger partial charge is 0.490 e. The number of rotatable bonds is 11. The lowest BCUT2D eigenvalue weighted by molar-refractivity contribution is -0.119. The van der Waals surface area contributed by atoms with E-state index in [9.17, 15) is 4.79 Å². The van der Waals surface area contributed by atoms with Crippen LogP contribution < -0.4 is 20.1 Å². The Morgan fingerprint density at radius 1 is 0.759 bits per heavy atom. The third-order valence-electron chi connectivity index (χ3n) is 4.23. The van der Waals surface area contributed by atoms with Crippen molar-refractivity contribution < 1.29 is 14.3 Å². The van der Waals surface area contributed by atoms with E-state index in [1.54, 1.807) is 0 Å². The number of anilines is 1. The molecule has 5 heteroatoms. The van der Waals surface area contributed by atoms with E-state index < -0.39 is 0 Å². The predicted octanol–water partition coefficient (Wildman–Crippen LogP) is 3.92. The molecule has 0 saturated heterocycles. The van der Waals surface area contributed by atoms with Crippen LogP contribution in [0.1, 0.15) is 5.56 Å². The zero-order valence-corrected chi connectivity index (χ0v) is 16.3. The van der Waals surface area contributed by atoms with Crippen molar-refractivity contribution in [3.05, 3.63) is 90.5 Å². The van der Waals surface area contributed by atoms with Crippen molar-refractivity contribution in [2.45, 2.75) is 6.42 Å².